The van der Waals surface area contributed by atoms with Crippen LogP contribution in [0.4, 0.5) is 22.9 Å². The standard InChI is InChI=1S/C17H13ClN6O4S2/c18-15-9-10-16(22-21-15)23-30(27,28)14-7-3-12(4-8-14)20-17(29)19-11-1-5-13(6-2-11)24(25)26/h1-10H,(H,22,23)(H2,19,20,29). The lowest BCUT2D eigenvalue weighted by atomic mass is 10.3. The van der Waals surface area contributed by atoms with E-state index in [4.69, 9.17) is 23.8 Å². The van der Waals surface area contributed by atoms with Crippen molar-refractivity contribution in [3.63, 3.8) is 0 Å². The molecule has 0 aliphatic rings. The first-order valence-electron chi connectivity index (χ1n) is 8.17. The van der Waals surface area contributed by atoms with E-state index in [1.165, 1.54) is 60.7 Å². The number of benzene rings is 2. The van der Waals surface area contributed by atoms with Gasteiger partial charge in [0.1, 0.15) is 0 Å². The molecule has 0 saturated carbocycles. The lowest BCUT2D eigenvalue weighted by Gasteiger charge is -2.11. The SMILES string of the molecule is O=[N+]([O-])c1ccc(NC(=S)Nc2ccc(S(=O)(=O)Nc3ccc(Cl)nn3)cc2)cc1. The zero-order valence-electron chi connectivity index (χ0n) is 14.9. The van der Waals surface area contributed by atoms with Crippen molar-refractivity contribution in [1.82, 2.24) is 10.2 Å². The number of rotatable bonds is 6. The predicted molar refractivity (Wildman–Crippen MR) is 117 cm³/mol. The van der Waals surface area contributed by atoms with E-state index in [0.717, 1.165) is 0 Å². The maximum Gasteiger partial charge on any atom is 0.269 e. The van der Waals surface area contributed by atoms with Gasteiger partial charge in [0.25, 0.3) is 15.7 Å². The van der Waals surface area contributed by atoms with E-state index in [-0.39, 0.29) is 26.7 Å². The van der Waals surface area contributed by atoms with Crippen molar-refractivity contribution in [2.24, 2.45) is 0 Å². The lowest BCUT2D eigenvalue weighted by Crippen LogP contribution is -2.19. The normalized spacial score (nSPS) is 10.8. The van der Waals surface area contributed by atoms with E-state index in [9.17, 15) is 18.5 Å². The Morgan fingerprint density at radius 3 is 2.00 bits per heavy atom. The van der Waals surface area contributed by atoms with Crippen molar-refractivity contribution in [3.8, 4) is 0 Å². The second-order valence-electron chi connectivity index (χ2n) is 5.75. The fraction of sp³-hybridized carbons (Fsp3) is 0. The van der Waals surface area contributed by atoms with E-state index < -0.39 is 14.9 Å². The highest BCUT2D eigenvalue weighted by atomic mass is 35.5. The minimum Gasteiger partial charge on any atom is -0.332 e. The molecule has 0 radical (unpaired) electrons. The van der Waals surface area contributed by atoms with Crippen molar-refractivity contribution >= 4 is 61.8 Å². The molecule has 0 saturated heterocycles. The zero-order chi connectivity index (χ0) is 21.7. The molecule has 0 bridgehead atoms. The fourth-order valence-electron chi connectivity index (χ4n) is 2.24. The Bertz CT molecular complexity index is 1170. The summed E-state index contributed by atoms with van der Waals surface area (Å²) in [6.07, 6.45) is 0. The van der Waals surface area contributed by atoms with Crippen LogP contribution in [0.5, 0.6) is 0 Å². The average Bonchev–Trinajstić information content (AvgIpc) is 2.70. The van der Waals surface area contributed by atoms with Gasteiger partial charge in [0, 0.05) is 23.5 Å². The number of thiocarbonyl (C=S) groups is 1. The Balaban J connectivity index is 1.62. The Morgan fingerprint density at radius 1 is 0.933 bits per heavy atom. The van der Waals surface area contributed by atoms with Crippen LogP contribution in [-0.2, 0) is 10.0 Å². The van der Waals surface area contributed by atoms with Crippen LogP contribution in [0.3, 0.4) is 0 Å². The van der Waals surface area contributed by atoms with Gasteiger partial charge in [0.2, 0.25) is 0 Å². The second-order valence-corrected chi connectivity index (χ2v) is 8.23. The van der Waals surface area contributed by atoms with Gasteiger partial charge < -0.3 is 10.6 Å². The number of hydrogen-bond acceptors (Lipinski definition) is 7. The first-order chi connectivity index (χ1) is 14.2. The average molecular weight is 465 g/mol. The molecule has 0 fully saturated rings. The van der Waals surface area contributed by atoms with Crippen molar-refractivity contribution < 1.29 is 13.3 Å². The summed E-state index contributed by atoms with van der Waals surface area (Å²) in [6.45, 7) is 0. The van der Waals surface area contributed by atoms with Crippen LogP contribution in [0.1, 0.15) is 0 Å². The van der Waals surface area contributed by atoms with Gasteiger partial charge in [-0.05, 0) is 60.7 Å². The molecule has 10 nitrogen and oxygen atoms in total. The molecule has 0 aliphatic heterocycles. The molecular weight excluding hydrogens is 452 g/mol. The number of nitrogens with zero attached hydrogens (tertiary/aromatic N) is 3. The number of nitro benzene ring substituents is 1. The summed E-state index contributed by atoms with van der Waals surface area (Å²) >= 11 is 10.8. The van der Waals surface area contributed by atoms with Crippen LogP contribution in [0.25, 0.3) is 0 Å². The first-order valence-corrected chi connectivity index (χ1v) is 10.4. The van der Waals surface area contributed by atoms with E-state index >= 15 is 0 Å². The molecule has 154 valence electrons. The molecular formula is C17H13ClN6O4S2. The van der Waals surface area contributed by atoms with Gasteiger partial charge >= 0.3 is 0 Å². The van der Waals surface area contributed by atoms with E-state index in [2.05, 4.69) is 25.6 Å². The van der Waals surface area contributed by atoms with Crippen molar-refractivity contribution in [3.05, 3.63) is 75.9 Å². The molecule has 0 amide bonds. The van der Waals surface area contributed by atoms with Gasteiger partial charge in [-0.1, -0.05) is 11.6 Å². The molecule has 13 heteroatoms. The summed E-state index contributed by atoms with van der Waals surface area (Å²) in [5, 5.41) is 24.1. The van der Waals surface area contributed by atoms with Gasteiger partial charge in [-0.15, -0.1) is 10.2 Å². The van der Waals surface area contributed by atoms with Crippen LogP contribution < -0.4 is 15.4 Å². The number of nitro groups is 1. The maximum absolute atomic E-state index is 12.4. The molecule has 3 aromatic rings. The van der Waals surface area contributed by atoms with Gasteiger partial charge in [-0.25, -0.2) is 8.42 Å². The highest BCUT2D eigenvalue weighted by molar-refractivity contribution is 7.92. The van der Waals surface area contributed by atoms with E-state index in [0.29, 0.717) is 11.4 Å². The van der Waals surface area contributed by atoms with Crippen molar-refractivity contribution in [1.29, 1.82) is 0 Å². The molecule has 2 aromatic carbocycles. The number of aromatic nitrogens is 2. The number of non-ortho nitro benzene ring substituents is 1. The Labute approximate surface area is 181 Å². The summed E-state index contributed by atoms with van der Waals surface area (Å²) in [4.78, 5) is 10.2. The first kappa shape index (κ1) is 21.4. The van der Waals surface area contributed by atoms with Gasteiger partial charge in [0.05, 0.1) is 9.82 Å². The molecule has 0 atom stereocenters. The number of anilines is 3. The van der Waals surface area contributed by atoms with Crippen molar-refractivity contribution in [2.75, 3.05) is 15.4 Å². The largest absolute Gasteiger partial charge is 0.332 e. The van der Waals surface area contributed by atoms with E-state index in [1.807, 2.05) is 0 Å². The zero-order valence-corrected chi connectivity index (χ0v) is 17.3. The molecule has 1 aromatic heterocycles. The molecule has 0 aliphatic carbocycles. The summed E-state index contributed by atoms with van der Waals surface area (Å²) in [6, 6.07) is 14.4. The number of nitrogens with one attached hydrogen (secondary N) is 3. The molecule has 3 N–H and O–H groups in total. The fourth-order valence-corrected chi connectivity index (χ4v) is 3.58. The third-order valence-electron chi connectivity index (χ3n) is 3.63. The molecule has 30 heavy (non-hydrogen) atoms. The summed E-state index contributed by atoms with van der Waals surface area (Å²) in [7, 11) is -3.86. The minimum absolute atomic E-state index is 0.0130. The highest BCUT2D eigenvalue weighted by Gasteiger charge is 2.15. The molecule has 0 unspecified atom stereocenters. The van der Waals surface area contributed by atoms with Crippen LogP contribution in [-0.4, -0.2) is 28.7 Å². The number of hydrogen-bond donors (Lipinski definition) is 3. The maximum atomic E-state index is 12.4. The smallest absolute Gasteiger partial charge is 0.269 e. The topological polar surface area (TPSA) is 139 Å². The molecule has 3 rings (SSSR count). The second kappa shape index (κ2) is 8.98. The van der Waals surface area contributed by atoms with Crippen LogP contribution >= 0.6 is 23.8 Å². The van der Waals surface area contributed by atoms with Gasteiger partial charge in [0.15, 0.2) is 16.1 Å². The van der Waals surface area contributed by atoms with Gasteiger partial charge in [-0.3, -0.25) is 14.8 Å². The monoisotopic (exact) mass is 464 g/mol. The molecule has 1 heterocycles. The highest BCUT2D eigenvalue weighted by Crippen LogP contribution is 2.19. The summed E-state index contributed by atoms with van der Waals surface area (Å²) in [5.41, 5.74) is 1.07. The lowest BCUT2D eigenvalue weighted by molar-refractivity contribution is -0.384. The van der Waals surface area contributed by atoms with Crippen LogP contribution in [0.15, 0.2) is 65.6 Å². The van der Waals surface area contributed by atoms with Gasteiger partial charge in [-0.2, -0.15) is 0 Å². The predicted octanol–water partition coefficient (Wildman–Crippen LogP) is 3.65. The Hall–Kier alpha value is -3.35. The molecule has 0 spiro atoms. The third-order valence-corrected chi connectivity index (χ3v) is 5.41. The Morgan fingerprint density at radius 2 is 1.50 bits per heavy atom. The van der Waals surface area contributed by atoms with E-state index in [1.54, 1.807) is 0 Å². The quantitative estimate of drug-likeness (QED) is 0.283. The summed E-state index contributed by atoms with van der Waals surface area (Å²) < 4.78 is 27.1. The number of sulfonamides is 1. The third kappa shape index (κ3) is 5.59. The number of halogens is 1. The van der Waals surface area contributed by atoms with Crippen LogP contribution in [0, 0.1) is 10.1 Å². The van der Waals surface area contributed by atoms with Crippen molar-refractivity contribution in [2.45, 2.75) is 4.90 Å². The van der Waals surface area contributed by atoms with Crippen LogP contribution in [0.2, 0.25) is 5.15 Å². The minimum atomic E-state index is -3.86. The summed E-state index contributed by atoms with van der Waals surface area (Å²) in [5.74, 6) is 0.0371. The Kier molecular flexibility index (Phi) is 6.40.